The van der Waals surface area contributed by atoms with E-state index >= 15 is 0 Å². The summed E-state index contributed by atoms with van der Waals surface area (Å²) in [6.07, 6.45) is 0.0775. The lowest BCUT2D eigenvalue weighted by Crippen LogP contribution is -2.26. The molecule has 1 aromatic rings. The first-order chi connectivity index (χ1) is 7.24. The molecule has 0 aromatic heterocycles. The molecular weight excluding hydrogens is 235 g/mol. The molecule has 5 heteroatoms. The van der Waals surface area contributed by atoms with Gasteiger partial charge < -0.3 is 10.2 Å². The Hall–Kier alpha value is -1.29. The smallest absolute Gasteiger partial charge is 0.309 e. The molecule has 0 radical (unpaired) electrons. The Kier molecular flexibility index (Phi) is 3.43. The van der Waals surface area contributed by atoms with Gasteiger partial charge in [-0.25, -0.2) is 4.39 Å². The van der Waals surface area contributed by atoms with E-state index in [1.54, 1.807) is 0 Å². The van der Waals surface area contributed by atoms with Crippen LogP contribution in [0.5, 0.6) is 5.75 Å². The topological polar surface area (TPSA) is 57.5 Å². The molecule has 0 bridgehead atoms. The minimum Gasteiger partial charge on any atom is -0.508 e. The summed E-state index contributed by atoms with van der Waals surface area (Å²) < 4.78 is 12.9. The largest absolute Gasteiger partial charge is 0.508 e. The van der Waals surface area contributed by atoms with Crippen LogP contribution in [0.15, 0.2) is 12.1 Å². The van der Waals surface area contributed by atoms with E-state index in [0.29, 0.717) is 5.56 Å². The summed E-state index contributed by atoms with van der Waals surface area (Å²) >= 11 is 5.56. The number of aromatic hydroxyl groups is 1. The molecule has 0 spiro atoms. The number of hydrogen-bond donors (Lipinski definition) is 2. The fourth-order valence-electron chi connectivity index (χ4n) is 1.27. The van der Waals surface area contributed by atoms with Crippen LogP contribution < -0.4 is 0 Å². The molecule has 0 aliphatic rings. The third-order valence-electron chi connectivity index (χ3n) is 2.33. The first kappa shape index (κ1) is 12.8. The third kappa shape index (κ3) is 2.64. The minimum atomic E-state index is -1.04. The molecule has 0 unspecified atom stereocenters. The predicted octanol–water partition coefficient (Wildman–Crippen LogP) is 2.84. The number of hydrogen-bond acceptors (Lipinski definition) is 2. The van der Waals surface area contributed by atoms with E-state index in [-0.39, 0.29) is 17.2 Å². The van der Waals surface area contributed by atoms with Crippen LogP contribution in [0.25, 0.3) is 0 Å². The van der Waals surface area contributed by atoms with E-state index in [1.165, 1.54) is 19.9 Å². The maximum absolute atomic E-state index is 12.9. The van der Waals surface area contributed by atoms with Crippen LogP contribution in [-0.2, 0) is 11.2 Å². The maximum Gasteiger partial charge on any atom is 0.309 e. The van der Waals surface area contributed by atoms with Crippen LogP contribution >= 0.6 is 11.6 Å². The number of halogens is 2. The third-order valence-corrected chi connectivity index (χ3v) is 2.62. The molecule has 0 aliphatic carbocycles. The number of benzene rings is 1. The van der Waals surface area contributed by atoms with Gasteiger partial charge in [-0.2, -0.15) is 0 Å². The fraction of sp³-hybridized carbons (Fsp3) is 0.364. The maximum atomic E-state index is 12.9. The van der Waals surface area contributed by atoms with Crippen molar-refractivity contribution in [3.05, 3.63) is 28.5 Å². The van der Waals surface area contributed by atoms with Gasteiger partial charge in [0.15, 0.2) is 0 Å². The average Bonchev–Trinajstić information content (AvgIpc) is 2.13. The van der Waals surface area contributed by atoms with E-state index in [0.717, 1.165) is 6.07 Å². The molecule has 0 heterocycles. The molecule has 1 aromatic carbocycles. The highest BCUT2D eigenvalue weighted by Crippen LogP contribution is 2.31. The second kappa shape index (κ2) is 4.29. The van der Waals surface area contributed by atoms with Gasteiger partial charge in [-0.1, -0.05) is 11.6 Å². The first-order valence-corrected chi connectivity index (χ1v) is 5.02. The van der Waals surface area contributed by atoms with Gasteiger partial charge in [-0.3, -0.25) is 4.79 Å². The number of aliphatic carboxylic acids is 1. The fourth-order valence-corrected chi connectivity index (χ4v) is 1.46. The van der Waals surface area contributed by atoms with Crippen LogP contribution in [-0.4, -0.2) is 16.2 Å². The second-order valence-corrected chi connectivity index (χ2v) is 4.67. The molecule has 2 N–H and O–H groups in total. The Labute approximate surface area is 97.5 Å². The van der Waals surface area contributed by atoms with Crippen LogP contribution in [0.1, 0.15) is 19.4 Å². The number of carbonyl (C=O) groups is 1. The Morgan fingerprint density at radius 2 is 2.06 bits per heavy atom. The summed E-state index contributed by atoms with van der Waals surface area (Å²) in [6.45, 7) is 3.04. The van der Waals surface area contributed by atoms with Gasteiger partial charge in [-0.15, -0.1) is 0 Å². The zero-order valence-electron chi connectivity index (χ0n) is 8.92. The van der Waals surface area contributed by atoms with E-state index in [2.05, 4.69) is 0 Å². The van der Waals surface area contributed by atoms with Gasteiger partial charge in [0.1, 0.15) is 11.6 Å². The van der Waals surface area contributed by atoms with Crippen molar-refractivity contribution in [2.24, 2.45) is 5.41 Å². The summed E-state index contributed by atoms with van der Waals surface area (Å²) in [5, 5.41) is 18.3. The van der Waals surface area contributed by atoms with Crippen molar-refractivity contribution in [1.29, 1.82) is 0 Å². The molecular formula is C11H12ClFO3. The summed E-state index contributed by atoms with van der Waals surface area (Å²) in [4.78, 5) is 10.9. The van der Waals surface area contributed by atoms with E-state index in [4.69, 9.17) is 16.7 Å². The van der Waals surface area contributed by atoms with Crippen molar-refractivity contribution < 1.29 is 19.4 Å². The molecule has 3 nitrogen and oxygen atoms in total. The first-order valence-electron chi connectivity index (χ1n) is 4.64. The Balaban J connectivity index is 3.07. The quantitative estimate of drug-likeness (QED) is 0.862. The van der Waals surface area contributed by atoms with E-state index < -0.39 is 17.2 Å². The lowest BCUT2D eigenvalue weighted by atomic mass is 9.85. The molecule has 0 aliphatic heterocycles. The molecule has 0 fully saturated rings. The lowest BCUT2D eigenvalue weighted by Gasteiger charge is -2.19. The molecule has 0 atom stereocenters. The van der Waals surface area contributed by atoms with Crippen molar-refractivity contribution in [3.63, 3.8) is 0 Å². The molecule has 0 saturated carbocycles. The number of phenols is 1. The summed E-state index contributed by atoms with van der Waals surface area (Å²) in [5.74, 6) is -2.00. The molecule has 88 valence electrons. The van der Waals surface area contributed by atoms with Gasteiger partial charge in [-0.05, 0) is 31.9 Å². The summed E-state index contributed by atoms with van der Waals surface area (Å²) in [6, 6.07) is 2.13. The average molecular weight is 247 g/mol. The molecule has 0 saturated heterocycles. The van der Waals surface area contributed by atoms with Crippen molar-refractivity contribution in [1.82, 2.24) is 0 Å². The van der Waals surface area contributed by atoms with Gasteiger partial charge in [0.2, 0.25) is 0 Å². The lowest BCUT2D eigenvalue weighted by molar-refractivity contribution is -0.146. The van der Waals surface area contributed by atoms with Gasteiger partial charge >= 0.3 is 5.97 Å². The van der Waals surface area contributed by atoms with Crippen LogP contribution in [0.2, 0.25) is 5.02 Å². The van der Waals surface area contributed by atoms with Crippen molar-refractivity contribution >= 4 is 17.6 Å². The van der Waals surface area contributed by atoms with Gasteiger partial charge in [0.05, 0.1) is 10.4 Å². The number of rotatable bonds is 3. The standard InChI is InChI=1S/C11H12ClFO3/c1-11(2,10(15)16)5-6-3-7(12)8(13)4-9(6)14/h3-4,14H,5H2,1-2H3,(H,15,16). The predicted molar refractivity (Wildman–Crippen MR) is 58.2 cm³/mol. The number of carboxylic acids is 1. The zero-order valence-corrected chi connectivity index (χ0v) is 9.68. The van der Waals surface area contributed by atoms with Crippen LogP contribution in [0.3, 0.4) is 0 Å². The Morgan fingerprint density at radius 3 is 2.56 bits per heavy atom. The molecule has 16 heavy (non-hydrogen) atoms. The minimum absolute atomic E-state index is 0.0775. The molecule has 0 amide bonds. The Morgan fingerprint density at radius 1 is 1.50 bits per heavy atom. The summed E-state index contributed by atoms with van der Waals surface area (Å²) in [5.41, 5.74) is -0.725. The number of phenolic OH excluding ortho intramolecular Hbond substituents is 1. The van der Waals surface area contributed by atoms with Crippen molar-refractivity contribution in [2.75, 3.05) is 0 Å². The van der Waals surface area contributed by atoms with Gasteiger partial charge in [0, 0.05) is 6.07 Å². The highest BCUT2D eigenvalue weighted by molar-refractivity contribution is 6.30. The van der Waals surface area contributed by atoms with E-state index in [9.17, 15) is 14.3 Å². The monoisotopic (exact) mass is 246 g/mol. The van der Waals surface area contributed by atoms with Crippen LogP contribution in [0.4, 0.5) is 4.39 Å². The second-order valence-electron chi connectivity index (χ2n) is 4.26. The van der Waals surface area contributed by atoms with Crippen molar-refractivity contribution in [3.8, 4) is 5.75 Å². The van der Waals surface area contributed by atoms with Gasteiger partial charge in [0.25, 0.3) is 0 Å². The van der Waals surface area contributed by atoms with Crippen LogP contribution in [0, 0.1) is 11.2 Å². The van der Waals surface area contributed by atoms with Crippen molar-refractivity contribution in [2.45, 2.75) is 20.3 Å². The zero-order chi connectivity index (χ0) is 12.5. The number of carboxylic acid groups (broad SMARTS) is 1. The summed E-state index contributed by atoms with van der Waals surface area (Å²) in [7, 11) is 0. The Bertz CT molecular complexity index is 429. The SMILES string of the molecule is CC(C)(Cc1cc(Cl)c(F)cc1O)C(=O)O. The normalized spacial score (nSPS) is 11.5. The highest BCUT2D eigenvalue weighted by Gasteiger charge is 2.28. The highest BCUT2D eigenvalue weighted by atomic mass is 35.5. The molecule has 1 rings (SSSR count). The van der Waals surface area contributed by atoms with E-state index in [1.807, 2.05) is 0 Å².